The number of alkyl carbamates (subject to hydrolysis) is 1. The van der Waals surface area contributed by atoms with Gasteiger partial charge in [0.25, 0.3) is 0 Å². The number of nitrogens with one attached hydrogen (secondary N) is 1. The van der Waals surface area contributed by atoms with Crippen LogP contribution in [0.2, 0.25) is 0 Å². The molecule has 1 saturated heterocycles. The molecule has 0 radical (unpaired) electrons. The van der Waals surface area contributed by atoms with Crippen LogP contribution in [0, 0.1) is 0 Å². The number of carbonyl (C=O) groups excluding carboxylic acids is 1. The van der Waals surface area contributed by atoms with Crippen molar-refractivity contribution in [2.45, 2.75) is 32.2 Å². The summed E-state index contributed by atoms with van der Waals surface area (Å²) in [6, 6.07) is 8.53. The second-order valence-electron chi connectivity index (χ2n) is 4.44. The first kappa shape index (κ1) is 11.0. The predicted molar refractivity (Wildman–Crippen MR) is 62.4 cm³/mol. The lowest BCUT2D eigenvalue weighted by molar-refractivity contribution is 0.115. The Balaban J connectivity index is 2.11. The van der Waals surface area contributed by atoms with E-state index in [1.54, 1.807) is 0 Å². The number of hydrogen-bond acceptors (Lipinski definition) is 2. The fraction of sp³-hybridized carbons (Fsp3) is 0.462. The van der Waals surface area contributed by atoms with Crippen LogP contribution < -0.4 is 5.32 Å². The lowest BCUT2D eigenvalue weighted by atomic mass is 9.98. The lowest BCUT2D eigenvalue weighted by Crippen LogP contribution is -2.35. The van der Waals surface area contributed by atoms with E-state index in [0.29, 0.717) is 12.5 Å². The molecule has 0 aromatic heterocycles. The van der Waals surface area contributed by atoms with Crippen molar-refractivity contribution in [3.63, 3.8) is 0 Å². The maximum absolute atomic E-state index is 11.1. The minimum absolute atomic E-state index is 0.0995. The first-order valence-corrected chi connectivity index (χ1v) is 5.70. The van der Waals surface area contributed by atoms with Gasteiger partial charge in [-0.2, -0.15) is 0 Å². The summed E-state index contributed by atoms with van der Waals surface area (Å²) in [5, 5.41) is 2.82. The van der Waals surface area contributed by atoms with E-state index >= 15 is 0 Å². The van der Waals surface area contributed by atoms with Crippen molar-refractivity contribution in [1.82, 2.24) is 5.32 Å². The first-order chi connectivity index (χ1) is 7.66. The Morgan fingerprint density at radius 3 is 2.56 bits per heavy atom. The molecule has 1 heterocycles. The van der Waals surface area contributed by atoms with Crippen LogP contribution in [0.4, 0.5) is 4.79 Å². The van der Waals surface area contributed by atoms with Crippen LogP contribution in [0.3, 0.4) is 0 Å². The zero-order valence-electron chi connectivity index (χ0n) is 9.69. The molecule has 3 heteroatoms. The van der Waals surface area contributed by atoms with Gasteiger partial charge in [0.2, 0.25) is 0 Å². The van der Waals surface area contributed by atoms with E-state index < -0.39 is 0 Å². The van der Waals surface area contributed by atoms with Gasteiger partial charge in [0.15, 0.2) is 0 Å². The second-order valence-corrected chi connectivity index (χ2v) is 4.44. The number of benzene rings is 1. The minimum atomic E-state index is -0.316. The zero-order chi connectivity index (χ0) is 11.5. The van der Waals surface area contributed by atoms with Gasteiger partial charge in [-0.3, -0.25) is 0 Å². The summed E-state index contributed by atoms with van der Waals surface area (Å²) < 4.78 is 4.84. The van der Waals surface area contributed by atoms with Crippen LogP contribution >= 0.6 is 0 Å². The Morgan fingerprint density at radius 1 is 1.31 bits per heavy atom. The maximum Gasteiger partial charge on any atom is 0.407 e. The van der Waals surface area contributed by atoms with Crippen molar-refractivity contribution >= 4 is 6.09 Å². The van der Waals surface area contributed by atoms with Crippen LogP contribution in [-0.4, -0.2) is 12.7 Å². The van der Waals surface area contributed by atoms with Crippen molar-refractivity contribution in [2.24, 2.45) is 0 Å². The molecule has 0 aliphatic carbocycles. The van der Waals surface area contributed by atoms with E-state index in [1.807, 2.05) is 0 Å². The monoisotopic (exact) mass is 219 g/mol. The average Bonchev–Trinajstić information content (AvgIpc) is 2.29. The van der Waals surface area contributed by atoms with Crippen molar-refractivity contribution in [3.05, 3.63) is 35.4 Å². The molecular formula is C13H17NO2. The third kappa shape index (κ3) is 2.35. The molecule has 0 saturated carbocycles. The van der Waals surface area contributed by atoms with Crippen molar-refractivity contribution in [1.29, 1.82) is 0 Å². The Kier molecular flexibility index (Phi) is 3.13. The van der Waals surface area contributed by atoms with E-state index in [9.17, 15) is 4.79 Å². The summed E-state index contributed by atoms with van der Waals surface area (Å²) in [7, 11) is 0. The highest BCUT2D eigenvalue weighted by Gasteiger charge is 2.20. The molecule has 1 aliphatic rings. The van der Waals surface area contributed by atoms with Crippen LogP contribution in [0.25, 0.3) is 0 Å². The number of hydrogen-bond donors (Lipinski definition) is 1. The van der Waals surface area contributed by atoms with Gasteiger partial charge in [-0.05, 0) is 17.0 Å². The van der Waals surface area contributed by atoms with E-state index in [1.165, 1.54) is 5.56 Å². The summed E-state index contributed by atoms with van der Waals surface area (Å²) in [5.41, 5.74) is 2.48. The Bertz CT molecular complexity index is 370. The van der Waals surface area contributed by atoms with Gasteiger partial charge in [0.05, 0.1) is 12.6 Å². The largest absolute Gasteiger partial charge is 0.449 e. The summed E-state index contributed by atoms with van der Waals surface area (Å²) in [6.07, 6.45) is 0.524. The predicted octanol–water partition coefficient (Wildman–Crippen LogP) is 2.98. The van der Waals surface area contributed by atoms with Gasteiger partial charge in [-0.15, -0.1) is 0 Å². The topological polar surface area (TPSA) is 38.3 Å². The third-order valence-electron chi connectivity index (χ3n) is 2.94. The quantitative estimate of drug-likeness (QED) is 0.830. The second kappa shape index (κ2) is 4.56. The number of amides is 1. The highest BCUT2D eigenvalue weighted by atomic mass is 16.5. The molecule has 1 aliphatic heterocycles. The van der Waals surface area contributed by atoms with Gasteiger partial charge in [0, 0.05) is 6.42 Å². The third-order valence-corrected chi connectivity index (χ3v) is 2.94. The average molecular weight is 219 g/mol. The normalized spacial score (nSPS) is 20.4. The number of carbonyl (C=O) groups is 1. The molecule has 1 aromatic carbocycles. The fourth-order valence-corrected chi connectivity index (χ4v) is 1.89. The van der Waals surface area contributed by atoms with E-state index in [0.717, 1.165) is 12.0 Å². The number of ether oxygens (including phenoxy) is 1. The zero-order valence-corrected chi connectivity index (χ0v) is 9.69. The van der Waals surface area contributed by atoms with E-state index in [-0.39, 0.29) is 12.1 Å². The van der Waals surface area contributed by atoms with Crippen molar-refractivity contribution in [2.75, 3.05) is 6.61 Å². The highest BCUT2D eigenvalue weighted by Crippen LogP contribution is 2.22. The molecule has 1 N–H and O–H groups in total. The Labute approximate surface area is 95.8 Å². The molecule has 2 rings (SSSR count). The number of cyclic esters (lactones) is 1. The van der Waals surface area contributed by atoms with E-state index in [2.05, 4.69) is 43.4 Å². The lowest BCUT2D eigenvalue weighted by Gasteiger charge is -2.23. The molecule has 1 atom stereocenters. The smallest absolute Gasteiger partial charge is 0.407 e. The molecule has 1 fully saturated rings. The highest BCUT2D eigenvalue weighted by molar-refractivity contribution is 5.68. The summed E-state index contributed by atoms with van der Waals surface area (Å²) in [4.78, 5) is 11.1. The van der Waals surface area contributed by atoms with Gasteiger partial charge in [-0.25, -0.2) is 4.79 Å². The molecule has 0 spiro atoms. The fourth-order valence-electron chi connectivity index (χ4n) is 1.89. The maximum atomic E-state index is 11.1. The molecule has 1 amide bonds. The molecule has 0 unspecified atom stereocenters. The Morgan fingerprint density at radius 2 is 2.00 bits per heavy atom. The Hall–Kier alpha value is -1.51. The molecule has 3 nitrogen and oxygen atoms in total. The SMILES string of the molecule is CC(C)c1ccc([C@@H]2CCOC(=O)N2)cc1. The van der Waals surface area contributed by atoms with Crippen molar-refractivity contribution < 1.29 is 9.53 Å². The van der Waals surface area contributed by atoms with Crippen molar-refractivity contribution in [3.8, 4) is 0 Å². The van der Waals surface area contributed by atoms with Gasteiger partial charge < -0.3 is 10.1 Å². The first-order valence-electron chi connectivity index (χ1n) is 5.70. The molecule has 1 aromatic rings. The van der Waals surface area contributed by atoms with Crippen LogP contribution in [-0.2, 0) is 4.74 Å². The van der Waals surface area contributed by atoms with Gasteiger partial charge >= 0.3 is 6.09 Å². The standard InChI is InChI=1S/C13H17NO2/c1-9(2)10-3-5-11(6-4-10)12-7-8-16-13(15)14-12/h3-6,9,12H,7-8H2,1-2H3,(H,14,15)/t12-/m0/s1. The molecule has 16 heavy (non-hydrogen) atoms. The van der Waals surface area contributed by atoms with Crippen LogP contribution in [0.15, 0.2) is 24.3 Å². The van der Waals surface area contributed by atoms with Crippen LogP contribution in [0.1, 0.15) is 43.4 Å². The molecule has 86 valence electrons. The van der Waals surface area contributed by atoms with Gasteiger partial charge in [-0.1, -0.05) is 38.1 Å². The van der Waals surface area contributed by atoms with Gasteiger partial charge in [0.1, 0.15) is 0 Å². The summed E-state index contributed by atoms with van der Waals surface area (Å²) in [5.74, 6) is 0.540. The van der Waals surface area contributed by atoms with E-state index in [4.69, 9.17) is 4.74 Å². The summed E-state index contributed by atoms with van der Waals surface area (Å²) >= 11 is 0. The van der Waals surface area contributed by atoms with Crippen LogP contribution in [0.5, 0.6) is 0 Å². The minimum Gasteiger partial charge on any atom is -0.449 e. The molecule has 0 bridgehead atoms. The molecular weight excluding hydrogens is 202 g/mol. The summed E-state index contributed by atoms with van der Waals surface area (Å²) in [6.45, 7) is 4.85. The number of rotatable bonds is 2.